The lowest BCUT2D eigenvalue weighted by Gasteiger charge is -2.22. The number of nitrogens with zero attached hydrogens (tertiary/aromatic N) is 2. The van der Waals surface area contributed by atoms with Gasteiger partial charge in [0.2, 0.25) is 5.91 Å². The van der Waals surface area contributed by atoms with Crippen LogP contribution in [-0.4, -0.2) is 47.2 Å². The Hall–Kier alpha value is -2.17. The van der Waals surface area contributed by atoms with E-state index in [1.54, 1.807) is 24.3 Å². The molecule has 0 spiro atoms. The highest BCUT2D eigenvalue weighted by molar-refractivity contribution is 6.21. The Morgan fingerprint density at radius 2 is 1.52 bits per heavy atom. The van der Waals surface area contributed by atoms with Crippen molar-refractivity contribution in [3.8, 4) is 0 Å². The summed E-state index contributed by atoms with van der Waals surface area (Å²) in [4.78, 5) is 39.8. The molecule has 0 unspecified atom stereocenters. The van der Waals surface area contributed by atoms with Crippen molar-refractivity contribution in [2.24, 2.45) is 0 Å². The minimum Gasteiger partial charge on any atom is -0.343 e. The third-order valence-electron chi connectivity index (χ3n) is 3.99. The van der Waals surface area contributed by atoms with Crippen molar-refractivity contribution in [3.05, 3.63) is 35.4 Å². The molecule has 0 saturated carbocycles. The quantitative estimate of drug-likeness (QED) is 0.693. The first-order chi connectivity index (χ1) is 11.1. The maximum absolute atomic E-state index is 12.2. The first kappa shape index (κ1) is 17.2. The van der Waals surface area contributed by atoms with Crippen molar-refractivity contribution in [2.75, 3.05) is 19.6 Å². The number of rotatable bonds is 8. The van der Waals surface area contributed by atoms with E-state index >= 15 is 0 Å². The average molecular weight is 316 g/mol. The summed E-state index contributed by atoms with van der Waals surface area (Å²) in [6.45, 7) is 5.92. The van der Waals surface area contributed by atoms with Gasteiger partial charge < -0.3 is 4.90 Å². The highest BCUT2D eigenvalue weighted by Crippen LogP contribution is 2.22. The summed E-state index contributed by atoms with van der Waals surface area (Å²) in [5, 5.41) is 0. The van der Waals surface area contributed by atoms with Crippen molar-refractivity contribution in [3.63, 3.8) is 0 Å². The third-order valence-corrected chi connectivity index (χ3v) is 3.99. The predicted molar refractivity (Wildman–Crippen MR) is 88.2 cm³/mol. The molecular formula is C18H24N2O3. The number of fused-ring (bicyclic) bond motifs is 1. The molecule has 1 aliphatic rings. The van der Waals surface area contributed by atoms with Crippen LogP contribution in [0, 0.1) is 0 Å². The van der Waals surface area contributed by atoms with Crippen molar-refractivity contribution < 1.29 is 14.4 Å². The Morgan fingerprint density at radius 1 is 1.00 bits per heavy atom. The zero-order valence-corrected chi connectivity index (χ0v) is 13.9. The van der Waals surface area contributed by atoms with Gasteiger partial charge >= 0.3 is 0 Å². The van der Waals surface area contributed by atoms with Crippen LogP contribution in [0.15, 0.2) is 24.3 Å². The van der Waals surface area contributed by atoms with Crippen LogP contribution < -0.4 is 0 Å². The number of imide groups is 1. The number of hydrogen-bond acceptors (Lipinski definition) is 3. The van der Waals surface area contributed by atoms with Crippen LogP contribution >= 0.6 is 0 Å². The Labute approximate surface area is 137 Å². The minimum atomic E-state index is -0.253. The Morgan fingerprint density at radius 3 is 2.00 bits per heavy atom. The molecular weight excluding hydrogens is 292 g/mol. The van der Waals surface area contributed by atoms with Crippen molar-refractivity contribution in [1.29, 1.82) is 0 Å². The van der Waals surface area contributed by atoms with Crippen LogP contribution in [0.25, 0.3) is 0 Å². The largest absolute Gasteiger partial charge is 0.343 e. The molecule has 0 N–H and O–H groups in total. The maximum atomic E-state index is 12.2. The molecule has 0 radical (unpaired) electrons. The number of carbonyl (C=O) groups is 3. The van der Waals surface area contributed by atoms with Gasteiger partial charge in [0.1, 0.15) is 0 Å². The molecule has 1 heterocycles. The summed E-state index contributed by atoms with van der Waals surface area (Å²) >= 11 is 0. The number of amides is 3. The van der Waals surface area contributed by atoms with E-state index in [1.807, 2.05) is 4.90 Å². The summed E-state index contributed by atoms with van der Waals surface area (Å²) in [7, 11) is 0. The number of hydrogen-bond donors (Lipinski definition) is 0. The summed E-state index contributed by atoms with van der Waals surface area (Å²) in [5.41, 5.74) is 0.921. The Bertz CT molecular complexity index is 557. The van der Waals surface area contributed by atoms with E-state index in [0.29, 0.717) is 30.5 Å². The second kappa shape index (κ2) is 7.90. The normalized spacial score (nSPS) is 13.4. The number of benzene rings is 1. The molecule has 5 heteroatoms. The molecule has 1 aliphatic heterocycles. The van der Waals surface area contributed by atoms with Crippen molar-refractivity contribution >= 4 is 17.7 Å². The van der Waals surface area contributed by atoms with Gasteiger partial charge in [0, 0.05) is 26.1 Å². The second-order valence-corrected chi connectivity index (χ2v) is 5.79. The molecule has 0 aliphatic carbocycles. The van der Waals surface area contributed by atoms with Crippen LogP contribution in [0.4, 0.5) is 0 Å². The topological polar surface area (TPSA) is 57.7 Å². The third kappa shape index (κ3) is 3.78. The van der Waals surface area contributed by atoms with Crippen molar-refractivity contribution in [1.82, 2.24) is 9.80 Å². The summed E-state index contributed by atoms with van der Waals surface area (Å²) in [5.74, 6) is -0.403. The van der Waals surface area contributed by atoms with Gasteiger partial charge in [0.25, 0.3) is 11.8 Å². The number of carbonyl (C=O) groups excluding carboxylic acids is 3. The second-order valence-electron chi connectivity index (χ2n) is 5.79. The molecule has 0 bridgehead atoms. The van der Waals surface area contributed by atoms with Crippen LogP contribution in [0.5, 0.6) is 0 Å². The monoisotopic (exact) mass is 316 g/mol. The summed E-state index contributed by atoms with van der Waals surface area (Å²) in [6, 6.07) is 6.85. The van der Waals surface area contributed by atoms with Crippen LogP contribution in [0.3, 0.4) is 0 Å². The SMILES string of the molecule is CCCN(CCC)C(=O)CCCN1C(=O)c2ccccc2C1=O. The maximum Gasteiger partial charge on any atom is 0.261 e. The first-order valence-electron chi connectivity index (χ1n) is 8.33. The van der Waals surface area contributed by atoms with Crippen LogP contribution in [0.1, 0.15) is 60.2 Å². The van der Waals surface area contributed by atoms with Gasteiger partial charge in [-0.25, -0.2) is 0 Å². The van der Waals surface area contributed by atoms with E-state index in [4.69, 9.17) is 0 Å². The fourth-order valence-electron chi connectivity index (χ4n) is 2.89. The van der Waals surface area contributed by atoms with Gasteiger partial charge in [0.15, 0.2) is 0 Å². The Balaban J connectivity index is 1.89. The molecule has 5 nitrogen and oxygen atoms in total. The average Bonchev–Trinajstić information content (AvgIpc) is 2.80. The molecule has 0 atom stereocenters. The van der Waals surface area contributed by atoms with Gasteiger partial charge in [-0.3, -0.25) is 19.3 Å². The molecule has 0 fully saturated rings. The Kier molecular flexibility index (Phi) is 5.90. The van der Waals surface area contributed by atoms with E-state index in [9.17, 15) is 14.4 Å². The standard InChI is InChI=1S/C18H24N2O3/c1-3-11-19(12-4-2)16(21)10-7-13-20-17(22)14-8-5-6-9-15(14)18(20)23/h5-6,8-9H,3-4,7,10-13H2,1-2H3. The molecule has 23 heavy (non-hydrogen) atoms. The minimum absolute atomic E-state index is 0.102. The lowest BCUT2D eigenvalue weighted by molar-refractivity contribution is -0.131. The van der Waals surface area contributed by atoms with Gasteiger partial charge in [-0.2, -0.15) is 0 Å². The zero-order valence-electron chi connectivity index (χ0n) is 13.9. The van der Waals surface area contributed by atoms with E-state index < -0.39 is 0 Å². The molecule has 1 aromatic rings. The van der Waals surface area contributed by atoms with E-state index in [0.717, 1.165) is 25.9 Å². The predicted octanol–water partition coefficient (Wildman–Crippen LogP) is 2.71. The molecule has 0 aromatic heterocycles. The van der Waals surface area contributed by atoms with E-state index in [2.05, 4.69) is 13.8 Å². The van der Waals surface area contributed by atoms with Gasteiger partial charge in [-0.1, -0.05) is 26.0 Å². The highest BCUT2D eigenvalue weighted by atomic mass is 16.2. The van der Waals surface area contributed by atoms with Gasteiger partial charge in [-0.05, 0) is 31.4 Å². The van der Waals surface area contributed by atoms with E-state index in [1.165, 1.54) is 4.90 Å². The molecule has 3 amide bonds. The molecule has 1 aromatic carbocycles. The van der Waals surface area contributed by atoms with Gasteiger partial charge in [-0.15, -0.1) is 0 Å². The fourth-order valence-corrected chi connectivity index (χ4v) is 2.89. The van der Waals surface area contributed by atoms with Crippen LogP contribution in [-0.2, 0) is 4.79 Å². The fraction of sp³-hybridized carbons (Fsp3) is 0.500. The highest BCUT2D eigenvalue weighted by Gasteiger charge is 2.34. The lowest BCUT2D eigenvalue weighted by atomic mass is 10.1. The molecule has 0 saturated heterocycles. The van der Waals surface area contributed by atoms with E-state index in [-0.39, 0.29) is 17.7 Å². The van der Waals surface area contributed by atoms with Gasteiger partial charge in [0.05, 0.1) is 11.1 Å². The molecule has 2 rings (SSSR count). The first-order valence-corrected chi connectivity index (χ1v) is 8.33. The summed E-state index contributed by atoms with van der Waals surface area (Å²) in [6.07, 6.45) is 2.75. The van der Waals surface area contributed by atoms with Crippen LogP contribution in [0.2, 0.25) is 0 Å². The smallest absolute Gasteiger partial charge is 0.261 e. The zero-order chi connectivity index (χ0) is 16.8. The lowest BCUT2D eigenvalue weighted by Crippen LogP contribution is -2.34. The molecule has 124 valence electrons. The summed E-state index contributed by atoms with van der Waals surface area (Å²) < 4.78 is 0. The van der Waals surface area contributed by atoms with Crippen molar-refractivity contribution in [2.45, 2.75) is 39.5 Å².